The fourth-order valence-electron chi connectivity index (χ4n) is 1.52. The standard InChI is InChI=1S/C11H11ClO3/c1-14-10-4-9(12)3-8-2-7(5-13)6-15-11(8)10/h2-4,13H,5-6H2,1H3. The van der Waals surface area contributed by atoms with Crippen molar-refractivity contribution in [3.8, 4) is 11.5 Å². The molecule has 0 aliphatic carbocycles. The fourth-order valence-corrected chi connectivity index (χ4v) is 1.74. The third-order valence-electron chi connectivity index (χ3n) is 2.23. The first-order valence-electron chi connectivity index (χ1n) is 4.55. The molecule has 0 fully saturated rings. The van der Waals surface area contributed by atoms with Crippen LogP contribution in [0.2, 0.25) is 5.02 Å². The van der Waals surface area contributed by atoms with E-state index in [1.807, 2.05) is 6.08 Å². The molecule has 0 saturated carbocycles. The maximum Gasteiger partial charge on any atom is 0.168 e. The number of hydrogen-bond acceptors (Lipinski definition) is 3. The number of halogens is 1. The van der Waals surface area contributed by atoms with E-state index in [9.17, 15) is 0 Å². The number of fused-ring (bicyclic) bond motifs is 1. The molecule has 3 nitrogen and oxygen atoms in total. The van der Waals surface area contributed by atoms with Crippen LogP contribution < -0.4 is 9.47 Å². The van der Waals surface area contributed by atoms with E-state index < -0.39 is 0 Å². The molecular weight excluding hydrogens is 216 g/mol. The van der Waals surface area contributed by atoms with Crippen molar-refractivity contribution in [1.82, 2.24) is 0 Å². The van der Waals surface area contributed by atoms with Gasteiger partial charge in [-0.1, -0.05) is 11.6 Å². The van der Waals surface area contributed by atoms with Gasteiger partial charge in [0.2, 0.25) is 0 Å². The second kappa shape index (κ2) is 4.13. The predicted octanol–water partition coefficient (Wildman–Crippen LogP) is 2.12. The van der Waals surface area contributed by atoms with E-state index in [1.54, 1.807) is 19.2 Å². The van der Waals surface area contributed by atoms with Crippen LogP contribution in [-0.2, 0) is 0 Å². The Balaban J connectivity index is 2.51. The Bertz CT molecular complexity index is 413. The minimum absolute atomic E-state index is 0.00569. The summed E-state index contributed by atoms with van der Waals surface area (Å²) in [7, 11) is 1.57. The average molecular weight is 227 g/mol. The maximum absolute atomic E-state index is 9.00. The van der Waals surface area contributed by atoms with E-state index in [0.29, 0.717) is 23.1 Å². The molecule has 0 atom stereocenters. The first-order chi connectivity index (χ1) is 7.24. The molecule has 15 heavy (non-hydrogen) atoms. The Kier molecular flexibility index (Phi) is 2.84. The lowest BCUT2D eigenvalue weighted by molar-refractivity contribution is 0.275. The van der Waals surface area contributed by atoms with Crippen LogP contribution in [0.4, 0.5) is 0 Å². The van der Waals surface area contributed by atoms with Gasteiger partial charge >= 0.3 is 0 Å². The van der Waals surface area contributed by atoms with Crippen LogP contribution in [0.25, 0.3) is 6.08 Å². The van der Waals surface area contributed by atoms with Crippen LogP contribution in [0, 0.1) is 0 Å². The second-order valence-electron chi connectivity index (χ2n) is 3.28. The molecule has 1 heterocycles. The molecule has 1 N–H and O–H groups in total. The van der Waals surface area contributed by atoms with Gasteiger partial charge in [0.15, 0.2) is 11.5 Å². The number of aliphatic hydroxyl groups excluding tert-OH is 1. The first kappa shape index (κ1) is 10.3. The van der Waals surface area contributed by atoms with Gasteiger partial charge in [-0.2, -0.15) is 0 Å². The molecule has 1 aromatic carbocycles. The van der Waals surface area contributed by atoms with E-state index in [-0.39, 0.29) is 6.61 Å². The van der Waals surface area contributed by atoms with Gasteiger partial charge in [-0.15, -0.1) is 0 Å². The van der Waals surface area contributed by atoms with E-state index in [4.69, 9.17) is 26.2 Å². The quantitative estimate of drug-likeness (QED) is 0.840. The molecule has 4 heteroatoms. The summed E-state index contributed by atoms with van der Waals surface area (Å²) in [5.74, 6) is 1.30. The highest BCUT2D eigenvalue weighted by Gasteiger charge is 2.16. The summed E-state index contributed by atoms with van der Waals surface area (Å²) in [5.41, 5.74) is 1.67. The second-order valence-corrected chi connectivity index (χ2v) is 3.71. The molecule has 0 amide bonds. The summed E-state index contributed by atoms with van der Waals surface area (Å²) in [6.07, 6.45) is 1.87. The normalized spacial score (nSPS) is 13.9. The Labute approximate surface area is 92.9 Å². The zero-order valence-corrected chi connectivity index (χ0v) is 9.04. The van der Waals surface area contributed by atoms with Gasteiger partial charge in [0.05, 0.1) is 13.7 Å². The van der Waals surface area contributed by atoms with Gasteiger partial charge in [-0.25, -0.2) is 0 Å². The Morgan fingerprint density at radius 2 is 2.33 bits per heavy atom. The Hall–Kier alpha value is -1.19. The van der Waals surface area contributed by atoms with Crippen LogP contribution in [0.5, 0.6) is 11.5 Å². The number of rotatable bonds is 2. The van der Waals surface area contributed by atoms with Crippen molar-refractivity contribution in [2.24, 2.45) is 0 Å². The van der Waals surface area contributed by atoms with Gasteiger partial charge in [0.25, 0.3) is 0 Å². The highest BCUT2D eigenvalue weighted by Crippen LogP contribution is 2.38. The summed E-state index contributed by atoms with van der Waals surface area (Å²) in [6.45, 7) is 0.385. The van der Waals surface area contributed by atoms with Crippen LogP contribution in [0.3, 0.4) is 0 Å². The fraction of sp³-hybridized carbons (Fsp3) is 0.273. The lowest BCUT2D eigenvalue weighted by atomic mass is 10.1. The van der Waals surface area contributed by atoms with Crippen molar-refractivity contribution in [2.75, 3.05) is 20.3 Å². The monoisotopic (exact) mass is 226 g/mol. The van der Waals surface area contributed by atoms with Crippen molar-refractivity contribution in [3.05, 3.63) is 28.3 Å². The van der Waals surface area contributed by atoms with Crippen molar-refractivity contribution in [3.63, 3.8) is 0 Å². The molecule has 2 rings (SSSR count). The molecule has 1 aliphatic heterocycles. The predicted molar refractivity (Wildman–Crippen MR) is 58.6 cm³/mol. The van der Waals surface area contributed by atoms with Crippen molar-refractivity contribution in [1.29, 1.82) is 0 Å². The SMILES string of the molecule is COc1cc(Cl)cc2c1OCC(CO)=C2. The number of aliphatic hydroxyl groups is 1. The Morgan fingerprint density at radius 3 is 3.00 bits per heavy atom. The number of ether oxygens (including phenoxy) is 2. The lowest BCUT2D eigenvalue weighted by Crippen LogP contribution is -2.10. The third kappa shape index (κ3) is 1.94. The molecule has 1 aromatic rings. The van der Waals surface area contributed by atoms with Gasteiger partial charge < -0.3 is 14.6 Å². The number of hydrogen-bond donors (Lipinski definition) is 1. The molecule has 0 saturated heterocycles. The van der Waals surface area contributed by atoms with Crippen LogP contribution >= 0.6 is 11.6 Å². The maximum atomic E-state index is 9.00. The molecule has 0 spiro atoms. The third-order valence-corrected chi connectivity index (χ3v) is 2.45. The van der Waals surface area contributed by atoms with Crippen molar-refractivity contribution >= 4 is 17.7 Å². The van der Waals surface area contributed by atoms with Crippen molar-refractivity contribution in [2.45, 2.75) is 0 Å². The molecule has 0 unspecified atom stereocenters. The topological polar surface area (TPSA) is 38.7 Å². The minimum Gasteiger partial charge on any atom is -0.493 e. The van der Waals surface area contributed by atoms with E-state index >= 15 is 0 Å². The molecule has 1 aliphatic rings. The zero-order chi connectivity index (χ0) is 10.8. The highest BCUT2D eigenvalue weighted by atomic mass is 35.5. The van der Waals surface area contributed by atoms with E-state index in [1.165, 1.54) is 0 Å². The summed E-state index contributed by atoms with van der Waals surface area (Å²) in [5, 5.41) is 9.59. The highest BCUT2D eigenvalue weighted by molar-refractivity contribution is 6.31. The average Bonchev–Trinajstić information content (AvgIpc) is 2.26. The van der Waals surface area contributed by atoms with E-state index in [0.717, 1.165) is 11.1 Å². The molecular formula is C11H11ClO3. The zero-order valence-electron chi connectivity index (χ0n) is 8.29. The van der Waals surface area contributed by atoms with Crippen LogP contribution in [-0.4, -0.2) is 25.4 Å². The molecule has 80 valence electrons. The van der Waals surface area contributed by atoms with Gasteiger partial charge in [-0.3, -0.25) is 0 Å². The number of benzene rings is 1. The summed E-state index contributed by atoms with van der Waals surface area (Å²) in [4.78, 5) is 0. The molecule has 0 radical (unpaired) electrons. The summed E-state index contributed by atoms with van der Waals surface area (Å²) in [6, 6.07) is 3.49. The van der Waals surface area contributed by atoms with Gasteiger partial charge in [-0.05, 0) is 17.7 Å². The first-order valence-corrected chi connectivity index (χ1v) is 4.93. The smallest absolute Gasteiger partial charge is 0.168 e. The lowest BCUT2D eigenvalue weighted by Gasteiger charge is -2.19. The molecule has 0 aromatic heterocycles. The van der Waals surface area contributed by atoms with Gasteiger partial charge in [0.1, 0.15) is 6.61 Å². The summed E-state index contributed by atoms with van der Waals surface area (Å²) >= 11 is 5.92. The van der Waals surface area contributed by atoms with Crippen molar-refractivity contribution < 1.29 is 14.6 Å². The van der Waals surface area contributed by atoms with E-state index in [2.05, 4.69) is 0 Å². The Morgan fingerprint density at radius 1 is 1.53 bits per heavy atom. The van der Waals surface area contributed by atoms with Crippen LogP contribution in [0.15, 0.2) is 17.7 Å². The molecule has 0 bridgehead atoms. The minimum atomic E-state index is -0.00569. The largest absolute Gasteiger partial charge is 0.493 e. The summed E-state index contributed by atoms with van der Waals surface area (Å²) < 4.78 is 10.7. The van der Waals surface area contributed by atoms with Crippen LogP contribution in [0.1, 0.15) is 5.56 Å². The number of methoxy groups -OCH3 is 1. The van der Waals surface area contributed by atoms with Gasteiger partial charge in [0, 0.05) is 16.7 Å².